The first-order valence-electron chi connectivity index (χ1n) is 11.3. The Kier molecular flexibility index (Phi) is 7.44. The fraction of sp³-hybridized carbons (Fsp3) is 0.500. The van der Waals surface area contributed by atoms with Crippen LogP contribution in [-0.2, 0) is 22.5 Å². The number of nitrogens with one attached hydrogen (secondary N) is 1. The van der Waals surface area contributed by atoms with Crippen molar-refractivity contribution in [1.29, 1.82) is 0 Å². The molecule has 0 radical (unpaired) electrons. The molecular weight excluding hydrogens is 406 g/mol. The number of fused-ring (bicyclic) bond motifs is 1. The molecule has 2 fully saturated rings. The Hall–Kier alpha value is -2.84. The van der Waals surface area contributed by atoms with Crippen LogP contribution in [0.2, 0.25) is 0 Å². The smallest absolute Gasteiger partial charge is 0.243 e. The van der Waals surface area contributed by atoms with Gasteiger partial charge in [-0.2, -0.15) is 0 Å². The number of furan rings is 1. The highest BCUT2D eigenvalue weighted by atomic mass is 16.5. The van der Waals surface area contributed by atoms with Gasteiger partial charge in [0.05, 0.1) is 25.0 Å². The minimum absolute atomic E-state index is 0.0195. The van der Waals surface area contributed by atoms with Crippen LogP contribution in [-0.4, -0.2) is 92.1 Å². The summed E-state index contributed by atoms with van der Waals surface area (Å²) in [5.74, 6) is 1.66. The Bertz CT molecular complexity index is 884. The van der Waals surface area contributed by atoms with E-state index in [1.165, 1.54) is 5.56 Å². The van der Waals surface area contributed by atoms with Gasteiger partial charge in [0.2, 0.25) is 5.91 Å². The maximum atomic E-state index is 12.2. The Morgan fingerprint density at radius 1 is 1.19 bits per heavy atom. The molecule has 1 aromatic carbocycles. The molecule has 8 nitrogen and oxygen atoms in total. The lowest BCUT2D eigenvalue weighted by atomic mass is 10.1. The number of ether oxygens (including phenoxy) is 1. The fourth-order valence-electron chi connectivity index (χ4n) is 4.25. The Labute approximate surface area is 189 Å². The van der Waals surface area contributed by atoms with Crippen molar-refractivity contribution in [3.63, 3.8) is 0 Å². The van der Waals surface area contributed by atoms with E-state index in [1.807, 2.05) is 12.1 Å². The average Bonchev–Trinajstić information content (AvgIpc) is 3.47. The summed E-state index contributed by atoms with van der Waals surface area (Å²) >= 11 is 0. The summed E-state index contributed by atoms with van der Waals surface area (Å²) in [6.45, 7) is 4.95. The van der Waals surface area contributed by atoms with E-state index in [2.05, 4.69) is 50.4 Å². The summed E-state index contributed by atoms with van der Waals surface area (Å²) < 4.78 is 11.6. The van der Waals surface area contributed by atoms with E-state index in [0.717, 1.165) is 50.9 Å². The number of nitrogens with zero attached hydrogens (tertiary/aromatic N) is 4. The molecule has 3 heterocycles. The highest BCUT2D eigenvalue weighted by molar-refractivity contribution is 5.85. The van der Waals surface area contributed by atoms with Gasteiger partial charge in [0.1, 0.15) is 12.3 Å². The number of likely N-dealkylation sites (tertiary alicyclic amines) is 1. The number of aliphatic imine (C=N–C) groups is 1. The van der Waals surface area contributed by atoms with Gasteiger partial charge in [0.15, 0.2) is 5.96 Å². The van der Waals surface area contributed by atoms with Gasteiger partial charge in [0.25, 0.3) is 0 Å². The van der Waals surface area contributed by atoms with Crippen molar-refractivity contribution < 1.29 is 13.9 Å². The van der Waals surface area contributed by atoms with Crippen LogP contribution < -0.4 is 5.32 Å². The molecule has 8 heteroatoms. The highest BCUT2D eigenvalue weighted by Crippen LogP contribution is 2.24. The molecule has 2 aromatic rings. The molecule has 2 unspecified atom stereocenters. The van der Waals surface area contributed by atoms with Gasteiger partial charge in [-0.15, -0.1) is 0 Å². The molecule has 0 spiro atoms. The van der Waals surface area contributed by atoms with E-state index >= 15 is 0 Å². The average molecular weight is 440 g/mol. The first-order chi connectivity index (χ1) is 15.6. The van der Waals surface area contributed by atoms with Gasteiger partial charge in [0, 0.05) is 53.2 Å². The second-order valence-electron chi connectivity index (χ2n) is 8.52. The molecule has 1 aromatic heterocycles. The van der Waals surface area contributed by atoms with Gasteiger partial charge in [-0.25, -0.2) is 4.99 Å². The first kappa shape index (κ1) is 22.4. The van der Waals surface area contributed by atoms with Crippen molar-refractivity contribution in [3.05, 3.63) is 60.1 Å². The third-order valence-electron chi connectivity index (χ3n) is 6.04. The SMILES string of the molecule is CN(C)C(=O)CN=C(NCCc1ccco1)N1CC2OCCN(Cc3ccccc3)C2C1. The van der Waals surface area contributed by atoms with E-state index in [0.29, 0.717) is 12.6 Å². The molecule has 0 saturated carbocycles. The predicted octanol–water partition coefficient (Wildman–Crippen LogP) is 1.44. The zero-order valence-corrected chi connectivity index (χ0v) is 18.9. The van der Waals surface area contributed by atoms with E-state index in [9.17, 15) is 4.79 Å². The lowest BCUT2D eigenvalue weighted by Crippen LogP contribution is -2.50. The summed E-state index contributed by atoms with van der Waals surface area (Å²) in [6.07, 6.45) is 2.57. The quantitative estimate of drug-likeness (QED) is 0.520. The molecule has 172 valence electrons. The Morgan fingerprint density at radius 3 is 2.78 bits per heavy atom. The number of rotatable bonds is 7. The van der Waals surface area contributed by atoms with Gasteiger partial charge < -0.3 is 24.3 Å². The van der Waals surface area contributed by atoms with E-state index < -0.39 is 0 Å². The maximum Gasteiger partial charge on any atom is 0.243 e. The minimum Gasteiger partial charge on any atom is -0.469 e. The zero-order chi connectivity index (χ0) is 22.3. The normalized spacial score (nSPS) is 21.4. The van der Waals surface area contributed by atoms with Crippen molar-refractivity contribution >= 4 is 11.9 Å². The third kappa shape index (κ3) is 5.69. The monoisotopic (exact) mass is 439 g/mol. The largest absolute Gasteiger partial charge is 0.469 e. The molecule has 4 rings (SSSR count). The van der Waals surface area contributed by atoms with Crippen molar-refractivity contribution in [2.24, 2.45) is 4.99 Å². The van der Waals surface area contributed by atoms with Crippen molar-refractivity contribution in [3.8, 4) is 0 Å². The topological polar surface area (TPSA) is 73.5 Å². The number of guanidine groups is 1. The van der Waals surface area contributed by atoms with Crippen LogP contribution in [0.4, 0.5) is 0 Å². The summed E-state index contributed by atoms with van der Waals surface area (Å²) in [6, 6.07) is 14.7. The molecule has 2 aliphatic heterocycles. The van der Waals surface area contributed by atoms with E-state index in [1.54, 1.807) is 25.3 Å². The molecule has 1 amide bonds. The van der Waals surface area contributed by atoms with Crippen molar-refractivity contribution in [2.45, 2.75) is 25.1 Å². The fourth-order valence-corrected chi connectivity index (χ4v) is 4.25. The number of carbonyl (C=O) groups excluding carboxylic acids is 1. The number of hydrogen-bond acceptors (Lipinski definition) is 5. The van der Waals surface area contributed by atoms with Crippen molar-refractivity contribution in [2.75, 3.05) is 53.4 Å². The van der Waals surface area contributed by atoms with Crippen LogP contribution >= 0.6 is 0 Å². The van der Waals surface area contributed by atoms with Crippen LogP contribution in [0.25, 0.3) is 0 Å². The maximum absolute atomic E-state index is 12.2. The molecule has 0 bridgehead atoms. The standard InChI is InChI=1S/C24H33N5O3/c1-27(2)23(30)15-26-24(25-11-10-20-9-6-13-31-20)29-17-21-22(18-29)32-14-12-28(21)16-19-7-4-3-5-8-19/h3-9,13,21-22H,10-12,14-18H2,1-2H3,(H,25,26). The highest BCUT2D eigenvalue weighted by Gasteiger charge is 2.41. The van der Waals surface area contributed by atoms with Crippen LogP contribution in [0.15, 0.2) is 58.1 Å². The third-order valence-corrected chi connectivity index (χ3v) is 6.04. The van der Waals surface area contributed by atoms with Gasteiger partial charge in [-0.05, 0) is 17.7 Å². The second-order valence-corrected chi connectivity index (χ2v) is 8.52. The molecule has 0 aliphatic carbocycles. The van der Waals surface area contributed by atoms with Crippen LogP contribution in [0.3, 0.4) is 0 Å². The summed E-state index contributed by atoms with van der Waals surface area (Å²) in [5, 5.41) is 3.44. The van der Waals surface area contributed by atoms with Gasteiger partial charge in [-0.1, -0.05) is 30.3 Å². The lowest BCUT2D eigenvalue weighted by molar-refractivity contribution is -0.127. The minimum atomic E-state index is -0.0195. The Morgan fingerprint density at radius 2 is 2.03 bits per heavy atom. The molecule has 32 heavy (non-hydrogen) atoms. The molecule has 2 atom stereocenters. The van der Waals surface area contributed by atoms with Gasteiger partial charge in [-0.3, -0.25) is 9.69 Å². The number of carbonyl (C=O) groups is 1. The molecule has 1 N–H and O–H groups in total. The Balaban J connectivity index is 1.43. The van der Waals surface area contributed by atoms with Crippen molar-refractivity contribution in [1.82, 2.24) is 20.0 Å². The summed E-state index contributed by atoms with van der Waals surface area (Å²) in [4.78, 5) is 23.1. The first-order valence-corrected chi connectivity index (χ1v) is 11.3. The lowest BCUT2D eigenvalue weighted by Gasteiger charge is -2.36. The predicted molar refractivity (Wildman–Crippen MR) is 123 cm³/mol. The molecule has 2 aliphatic rings. The van der Waals surface area contributed by atoms with Crippen LogP contribution in [0, 0.1) is 0 Å². The summed E-state index contributed by atoms with van der Waals surface area (Å²) in [7, 11) is 3.50. The summed E-state index contributed by atoms with van der Waals surface area (Å²) in [5.41, 5.74) is 1.31. The number of amides is 1. The van der Waals surface area contributed by atoms with E-state index in [4.69, 9.17) is 9.15 Å². The number of benzene rings is 1. The molecule has 2 saturated heterocycles. The zero-order valence-electron chi connectivity index (χ0n) is 18.9. The van der Waals surface area contributed by atoms with Crippen LogP contribution in [0.1, 0.15) is 11.3 Å². The number of morpholine rings is 1. The van der Waals surface area contributed by atoms with Gasteiger partial charge >= 0.3 is 0 Å². The van der Waals surface area contributed by atoms with Crippen LogP contribution in [0.5, 0.6) is 0 Å². The number of hydrogen-bond donors (Lipinski definition) is 1. The second kappa shape index (κ2) is 10.7. The molecular formula is C24H33N5O3. The number of likely N-dealkylation sites (N-methyl/N-ethyl adjacent to an activating group) is 1. The van der Waals surface area contributed by atoms with E-state index in [-0.39, 0.29) is 18.6 Å².